The van der Waals surface area contributed by atoms with E-state index in [9.17, 15) is 13.2 Å². The highest BCUT2D eigenvalue weighted by molar-refractivity contribution is 4.91. The summed E-state index contributed by atoms with van der Waals surface area (Å²) >= 11 is 0. The summed E-state index contributed by atoms with van der Waals surface area (Å²) in [4.78, 5) is 0. The maximum absolute atomic E-state index is 11.7. The first-order valence-electron chi connectivity index (χ1n) is 4.33. The second kappa shape index (κ2) is 4.46. The zero-order chi connectivity index (χ0) is 10.8. The molecule has 3 atom stereocenters. The van der Waals surface area contributed by atoms with Crippen LogP contribution in [0.4, 0.5) is 13.2 Å². The Hall–Kier alpha value is -0.330. The molecule has 0 heterocycles. The third-order valence-electron chi connectivity index (χ3n) is 2.21. The van der Waals surface area contributed by atoms with E-state index in [1.807, 2.05) is 0 Å². The zero-order valence-corrected chi connectivity index (χ0v) is 7.75. The molecular weight excluding hydrogens is 201 g/mol. The highest BCUT2D eigenvalue weighted by Crippen LogP contribution is 2.28. The normalized spacial score (nSPS) is 32.8. The van der Waals surface area contributed by atoms with Crippen LogP contribution in [0, 0.1) is 0 Å². The molecule has 0 aliphatic heterocycles. The van der Waals surface area contributed by atoms with Crippen LogP contribution < -0.4 is 0 Å². The van der Waals surface area contributed by atoms with Gasteiger partial charge in [0, 0.05) is 13.5 Å². The van der Waals surface area contributed by atoms with Gasteiger partial charge in [0.15, 0.2) is 0 Å². The first-order chi connectivity index (χ1) is 6.44. The minimum Gasteiger partial charge on any atom is -0.390 e. The lowest BCUT2D eigenvalue weighted by Gasteiger charge is -2.39. The Bertz CT molecular complexity index is 183. The van der Waals surface area contributed by atoms with Crippen LogP contribution in [0.15, 0.2) is 0 Å². The van der Waals surface area contributed by atoms with Gasteiger partial charge in [0.05, 0.1) is 25.2 Å². The fourth-order valence-corrected chi connectivity index (χ4v) is 1.36. The molecule has 0 spiro atoms. The van der Waals surface area contributed by atoms with Gasteiger partial charge in [-0.25, -0.2) is 0 Å². The van der Waals surface area contributed by atoms with Crippen molar-refractivity contribution in [2.24, 2.45) is 0 Å². The largest absolute Gasteiger partial charge is 0.391 e. The molecule has 0 radical (unpaired) electrons. The molecule has 1 saturated carbocycles. The van der Waals surface area contributed by atoms with Crippen molar-refractivity contribution in [1.82, 2.24) is 0 Å². The van der Waals surface area contributed by atoms with E-state index in [1.54, 1.807) is 0 Å². The number of methoxy groups -OCH3 is 1. The first-order valence-corrected chi connectivity index (χ1v) is 4.33. The SMILES string of the molecule is COC1C(O)CC1OCCC(F)(F)F. The lowest BCUT2D eigenvalue weighted by atomic mass is 9.88. The first kappa shape index (κ1) is 11.7. The van der Waals surface area contributed by atoms with Crippen molar-refractivity contribution < 1.29 is 27.8 Å². The van der Waals surface area contributed by atoms with Gasteiger partial charge in [-0.15, -0.1) is 0 Å². The van der Waals surface area contributed by atoms with Crippen molar-refractivity contribution >= 4 is 0 Å². The Kier molecular flexibility index (Phi) is 3.74. The standard InChI is InChI=1S/C8H13F3O3/c1-13-7-5(12)4-6(7)14-3-2-8(9,10)11/h5-7,12H,2-4H2,1H3. The zero-order valence-electron chi connectivity index (χ0n) is 7.75. The molecule has 1 rings (SSSR count). The summed E-state index contributed by atoms with van der Waals surface area (Å²) in [5.41, 5.74) is 0. The maximum atomic E-state index is 11.7. The summed E-state index contributed by atoms with van der Waals surface area (Å²) in [5, 5.41) is 9.11. The van der Waals surface area contributed by atoms with Gasteiger partial charge in [-0.05, 0) is 0 Å². The Morgan fingerprint density at radius 2 is 2.07 bits per heavy atom. The molecule has 0 aromatic carbocycles. The van der Waals surface area contributed by atoms with Crippen molar-refractivity contribution in [3.8, 4) is 0 Å². The number of hydrogen-bond acceptors (Lipinski definition) is 3. The molecule has 3 nitrogen and oxygen atoms in total. The Morgan fingerprint density at radius 1 is 1.43 bits per heavy atom. The molecule has 6 heteroatoms. The van der Waals surface area contributed by atoms with Gasteiger partial charge < -0.3 is 14.6 Å². The van der Waals surface area contributed by atoms with E-state index in [-0.39, 0.29) is 6.61 Å². The van der Waals surface area contributed by atoms with Crippen LogP contribution in [-0.2, 0) is 9.47 Å². The van der Waals surface area contributed by atoms with Crippen molar-refractivity contribution in [3.63, 3.8) is 0 Å². The average Bonchev–Trinajstić information content (AvgIpc) is 2.01. The molecule has 1 fully saturated rings. The number of halogens is 3. The third-order valence-corrected chi connectivity index (χ3v) is 2.21. The van der Waals surface area contributed by atoms with E-state index in [2.05, 4.69) is 0 Å². The van der Waals surface area contributed by atoms with Crippen LogP contribution in [0.2, 0.25) is 0 Å². The predicted octanol–water partition coefficient (Wildman–Crippen LogP) is 1.10. The molecule has 14 heavy (non-hydrogen) atoms. The van der Waals surface area contributed by atoms with Crippen LogP contribution in [-0.4, -0.2) is 43.3 Å². The predicted molar refractivity (Wildman–Crippen MR) is 41.8 cm³/mol. The lowest BCUT2D eigenvalue weighted by Crippen LogP contribution is -2.53. The van der Waals surface area contributed by atoms with Crippen molar-refractivity contribution in [2.75, 3.05) is 13.7 Å². The molecule has 1 aliphatic rings. The molecule has 0 aromatic heterocycles. The van der Waals surface area contributed by atoms with E-state index in [1.165, 1.54) is 7.11 Å². The molecule has 3 unspecified atom stereocenters. The quantitative estimate of drug-likeness (QED) is 0.761. The highest BCUT2D eigenvalue weighted by Gasteiger charge is 2.41. The summed E-state index contributed by atoms with van der Waals surface area (Å²) in [6, 6.07) is 0. The fourth-order valence-electron chi connectivity index (χ4n) is 1.36. The Balaban J connectivity index is 2.14. The maximum Gasteiger partial charge on any atom is 0.391 e. The number of aliphatic hydroxyl groups excluding tert-OH is 1. The summed E-state index contributed by atoms with van der Waals surface area (Å²) < 4.78 is 44.9. The summed E-state index contributed by atoms with van der Waals surface area (Å²) in [6.07, 6.45) is -6.31. The van der Waals surface area contributed by atoms with Crippen LogP contribution >= 0.6 is 0 Å². The number of ether oxygens (including phenoxy) is 2. The van der Waals surface area contributed by atoms with Gasteiger partial charge >= 0.3 is 6.18 Å². The third kappa shape index (κ3) is 3.11. The smallest absolute Gasteiger partial charge is 0.390 e. The number of rotatable bonds is 4. The fraction of sp³-hybridized carbons (Fsp3) is 1.00. The van der Waals surface area contributed by atoms with Crippen molar-refractivity contribution in [2.45, 2.75) is 37.3 Å². The second-order valence-corrected chi connectivity index (χ2v) is 3.28. The van der Waals surface area contributed by atoms with Gasteiger partial charge in [0.2, 0.25) is 0 Å². The summed E-state index contributed by atoms with van der Waals surface area (Å²) in [6.45, 7) is -0.374. The second-order valence-electron chi connectivity index (χ2n) is 3.28. The molecule has 84 valence electrons. The van der Waals surface area contributed by atoms with E-state index in [0.717, 1.165) is 0 Å². The molecule has 0 aromatic rings. The molecule has 1 N–H and O–H groups in total. The molecule has 0 bridgehead atoms. The van der Waals surface area contributed by atoms with E-state index < -0.39 is 30.9 Å². The van der Waals surface area contributed by atoms with Crippen LogP contribution in [0.3, 0.4) is 0 Å². The molecule has 1 aliphatic carbocycles. The van der Waals surface area contributed by atoms with Gasteiger partial charge in [-0.1, -0.05) is 0 Å². The molecule has 0 saturated heterocycles. The van der Waals surface area contributed by atoms with Crippen LogP contribution in [0.1, 0.15) is 12.8 Å². The van der Waals surface area contributed by atoms with Crippen LogP contribution in [0.25, 0.3) is 0 Å². The minimum absolute atomic E-state index is 0.344. The minimum atomic E-state index is -4.19. The summed E-state index contributed by atoms with van der Waals surface area (Å²) in [5.74, 6) is 0. The summed E-state index contributed by atoms with van der Waals surface area (Å²) in [7, 11) is 1.40. The van der Waals surface area contributed by atoms with Gasteiger partial charge in [-0.3, -0.25) is 0 Å². The van der Waals surface area contributed by atoms with Gasteiger partial charge in [0.25, 0.3) is 0 Å². The molecular formula is C8H13F3O3. The van der Waals surface area contributed by atoms with Gasteiger partial charge in [0.1, 0.15) is 6.10 Å². The van der Waals surface area contributed by atoms with E-state index in [4.69, 9.17) is 14.6 Å². The van der Waals surface area contributed by atoms with Crippen molar-refractivity contribution in [3.05, 3.63) is 0 Å². The Labute approximate surface area is 79.8 Å². The number of hydrogen-bond donors (Lipinski definition) is 1. The monoisotopic (exact) mass is 214 g/mol. The molecule has 0 amide bonds. The van der Waals surface area contributed by atoms with Gasteiger partial charge in [-0.2, -0.15) is 13.2 Å². The van der Waals surface area contributed by atoms with E-state index in [0.29, 0.717) is 6.42 Å². The van der Waals surface area contributed by atoms with E-state index >= 15 is 0 Å². The number of aliphatic hydroxyl groups is 1. The van der Waals surface area contributed by atoms with Crippen molar-refractivity contribution in [1.29, 1.82) is 0 Å². The number of alkyl halides is 3. The lowest BCUT2D eigenvalue weighted by molar-refractivity contribution is -0.198. The average molecular weight is 214 g/mol. The topological polar surface area (TPSA) is 38.7 Å². The highest BCUT2D eigenvalue weighted by atomic mass is 19.4. The van der Waals surface area contributed by atoms with Crippen LogP contribution in [0.5, 0.6) is 0 Å². The Morgan fingerprint density at radius 3 is 2.50 bits per heavy atom.